The van der Waals surface area contributed by atoms with E-state index < -0.39 is 0 Å². The zero-order valence-electron chi connectivity index (χ0n) is 14.9. The molecule has 7 heteroatoms. The van der Waals surface area contributed by atoms with Crippen LogP contribution in [-0.4, -0.2) is 26.9 Å². The number of hydrogen-bond donors (Lipinski definition) is 0. The molecule has 27 heavy (non-hydrogen) atoms. The Balaban J connectivity index is 1.55. The molecule has 0 N–H and O–H groups in total. The van der Waals surface area contributed by atoms with Crippen molar-refractivity contribution in [3.05, 3.63) is 72.9 Å². The molecule has 0 bridgehead atoms. The van der Waals surface area contributed by atoms with Crippen molar-refractivity contribution in [3.63, 3.8) is 0 Å². The first kappa shape index (κ1) is 17.4. The summed E-state index contributed by atoms with van der Waals surface area (Å²) >= 11 is 1.56. The highest BCUT2D eigenvalue weighted by molar-refractivity contribution is 7.99. The minimum Gasteiger partial charge on any atom is -0.497 e. The van der Waals surface area contributed by atoms with Gasteiger partial charge in [0, 0.05) is 24.0 Å². The lowest BCUT2D eigenvalue weighted by molar-refractivity contribution is 0.414. The van der Waals surface area contributed by atoms with Crippen LogP contribution in [0.4, 0.5) is 0 Å². The first-order valence-electron chi connectivity index (χ1n) is 8.48. The number of methoxy groups -OCH3 is 1. The Kier molecular flexibility index (Phi) is 4.93. The van der Waals surface area contributed by atoms with Crippen LogP contribution in [0.25, 0.3) is 17.1 Å². The Morgan fingerprint density at radius 3 is 2.74 bits per heavy atom. The molecule has 0 saturated heterocycles. The molecule has 0 fully saturated rings. The number of ether oxygens (including phenoxy) is 1. The fraction of sp³-hybridized carbons (Fsp3) is 0.150. The first-order valence-corrected chi connectivity index (χ1v) is 9.36. The molecule has 2 heterocycles. The van der Waals surface area contributed by atoms with Gasteiger partial charge in [0.05, 0.1) is 18.0 Å². The van der Waals surface area contributed by atoms with Crippen molar-refractivity contribution in [2.75, 3.05) is 7.11 Å². The molecule has 4 aromatic rings. The summed E-state index contributed by atoms with van der Waals surface area (Å²) in [7, 11) is 1.66. The van der Waals surface area contributed by atoms with Gasteiger partial charge < -0.3 is 9.15 Å². The SMILES string of the molecule is COc1cccc(-n2ccnc2SC(C)c2nnc(-c3ccccc3)o2)c1. The molecule has 0 aliphatic heterocycles. The lowest BCUT2D eigenvalue weighted by atomic mass is 10.2. The van der Waals surface area contributed by atoms with E-state index in [4.69, 9.17) is 9.15 Å². The molecule has 0 amide bonds. The number of benzene rings is 2. The second-order valence-corrected chi connectivity index (χ2v) is 7.16. The maximum Gasteiger partial charge on any atom is 0.247 e. The van der Waals surface area contributed by atoms with E-state index in [1.165, 1.54) is 0 Å². The van der Waals surface area contributed by atoms with E-state index in [0.717, 1.165) is 22.2 Å². The predicted octanol–water partition coefficient (Wildman–Crippen LogP) is 4.78. The number of aromatic nitrogens is 4. The summed E-state index contributed by atoms with van der Waals surface area (Å²) < 4.78 is 13.2. The summed E-state index contributed by atoms with van der Waals surface area (Å²) in [6, 6.07) is 17.6. The molecule has 6 nitrogen and oxygen atoms in total. The van der Waals surface area contributed by atoms with Crippen LogP contribution >= 0.6 is 11.8 Å². The van der Waals surface area contributed by atoms with E-state index in [2.05, 4.69) is 15.2 Å². The van der Waals surface area contributed by atoms with E-state index in [9.17, 15) is 0 Å². The highest BCUT2D eigenvalue weighted by atomic mass is 32.2. The quantitative estimate of drug-likeness (QED) is 0.450. The van der Waals surface area contributed by atoms with Crippen LogP contribution in [0.15, 0.2) is 76.6 Å². The third-order valence-electron chi connectivity index (χ3n) is 4.03. The zero-order chi connectivity index (χ0) is 18.6. The molecule has 0 saturated carbocycles. The Bertz CT molecular complexity index is 1030. The lowest BCUT2D eigenvalue weighted by Gasteiger charge is -2.11. The van der Waals surface area contributed by atoms with Crippen LogP contribution in [-0.2, 0) is 0 Å². The number of imidazole rings is 1. The van der Waals surface area contributed by atoms with Crippen LogP contribution in [0, 0.1) is 0 Å². The number of hydrogen-bond acceptors (Lipinski definition) is 6. The Morgan fingerprint density at radius 1 is 1.07 bits per heavy atom. The van der Waals surface area contributed by atoms with Crippen LogP contribution in [0.3, 0.4) is 0 Å². The molecule has 4 rings (SSSR count). The van der Waals surface area contributed by atoms with Crippen LogP contribution in [0.2, 0.25) is 0 Å². The van der Waals surface area contributed by atoms with Gasteiger partial charge in [0.15, 0.2) is 5.16 Å². The van der Waals surface area contributed by atoms with Crippen molar-refractivity contribution in [1.82, 2.24) is 19.7 Å². The van der Waals surface area contributed by atoms with Crippen molar-refractivity contribution < 1.29 is 9.15 Å². The molecule has 0 aliphatic carbocycles. The first-order chi connectivity index (χ1) is 13.2. The van der Waals surface area contributed by atoms with E-state index >= 15 is 0 Å². The molecule has 0 spiro atoms. The van der Waals surface area contributed by atoms with Gasteiger partial charge in [-0.25, -0.2) is 4.98 Å². The molecule has 0 radical (unpaired) electrons. The monoisotopic (exact) mass is 378 g/mol. The van der Waals surface area contributed by atoms with Crippen LogP contribution in [0.5, 0.6) is 5.75 Å². The fourth-order valence-electron chi connectivity index (χ4n) is 2.64. The summed E-state index contributed by atoms with van der Waals surface area (Å²) in [4.78, 5) is 4.47. The molecular weight excluding hydrogens is 360 g/mol. The molecule has 136 valence electrons. The van der Waals surface area contributed by atoms with Gasteiger partial charge >= 0.3 is 0 Å². The Morgan fingerprint density at radius 2 is 1.93 bits per heavy atom. The smallest absolute Gasteiger partial charge is 0.247 e. The molecular formula is C20H18N4O2S. The van der Waals surface area contributed by atoms with Crippen molar-refractivity contribution in [3.8, 4) is 22.9 Å². The normalized spacial score (nSPS) is 12.1. The average Bonchev–Trinajstić information content (AvgIpc) is 3.38. The van der Waals surface area contributed by atoms with E-state index in [1.807, 2.05) is 72.3 Å². The second kappa shape index (κ2) is 7.67. The Labute approximate surface area is 161 Å². The van der Waals surface area contributed by atoms with Gasteiger partial charge in [0.1, 0.15) is 5.75 Å². The van der Waals surface area contributed by atoms with Gasteiger partial charge in [-0.2, -0.15) is 0 Å². The summed E-state index contributed by atoms with van der Waals surface area (Å²) in [6.45, 7) is 2.03. The lowest BCUT2D eigenvalue weighted by Crippen LogP contribution is -1.98. The van der Waals surface area contributed by atoms with Gasteiger partial charge in [-0.3, -0.25) is 4.57 Å². The van der Waals surface area contributed by atoms with Gasteiger partial charge in [-0.15, -0.1) is 10.2 Å². The second-order valence-electron chi connectivity index (χ2n) is 5.85. The van der Waals surface area contributed by atoms with Gasteiger partial charge in [0.25, 0.3) is 0 Å². The maximum absolute atomic E-state index is 5.86. The topological polar surface area (TPSA) is 66.0 Å². The average molecular weight is 378 g/mol. The molecule has 2 aromatic carbocycles. The highest BCUT2D eigenvalue weighted by Crippen LogP contribution is 2.35. The minimum atomic E-state index is -0.0401. The van der Waals surface area contributed by atoms with E-state index in [1.54, 1.807) is 25.1 Å². The number of thioether (sulfide) groups is 1. The van der Waals surface area contributed by atoms with Crippen molar-refractivity contribution in [1.29, 1.82) is 0 Å². The summed E-state index contributed by atoms with van der Waals surface area (Å²) in [5.41, 5.74) is 1.89. The van der Waals surface area contributed by atoms with Gasteiger partial charge in [-0.1, -0.05) is 36.0 Å². The predicted molar refractivity (Wildman–Crippen MR) is 104 cm³/mol. The van der Waals surface area contributed by atoms with Crippen molar-refractivity contribution >= 4 is 11.8 Å². The number of rotatable bonds is 6. The third-order valence-corrected chi connectivity index (χ3v) is 5.10. The molecule has 1 unspecified atom stereocenters. The fourth-order valence-corrected chi connectivity index (χ4v) is 3.55. The van der Waals surface area contributed by atoms with Crippen molar-refractivity contribution in [2.45, 2.75) is 17.3 Å². The minimum absolute atomic E-state index is 0.0401. The third kappa shape index (κ3) is 3.73. The molecule has 2 aromatic heterocycles. The maximum atomic E-state index is 5.86. The van der Waals surface area contributed by atoms with Gasteiger partial charge in [-0.05, 0) is 31.2 Å². The van der Waals surface area contributed by atoms with Crippen LogP contribution in [0.1, 0.15) is 18.1 Å². The molecule has 0 aliphatic rings. The zero-order valence-corrected chi connectivity index (χ0v) is 15.8. The largest absolute Gasteiger partial charge is 0.497 e. The number of nitrogens with zero attached hydrogens (tertiary/aromatic N) is 4. The Hall–Kier alpha value is -3.06. The standard InChI is InChI=1S/C20H18N4O2S/c1-14(18-22-23-19(26-18)15-7-4-3-5-8-15)27-20-21-11-12-24(20)16-9-6-10-17(13-16)25-2/h3-14H,1-2H3. The molecule has 1 atom stereocenters. The van der Waals surface area contributed by atoms with E-state index in [0.29, 0.717) is 11.8 Å². The van der Waals surface area contributed by atoms with Crippen LogP contribution < -0.4 is 4.74 Å². The van der Waals surface area contributed by atoms with Gasteiger partial charge in [0.2, 0.25) is 11.8 Å². The summed E-state index contributed by atoms with van der Waals surface area (Å²) in [5, 5.41) is 9.18. The summed E-state index contributed by atoms with van der Waals surface area (Å²) in [5.74, 6) is 1.89. The highest BCUT2D eigenvalue weighted by Gasteiger charge is 2.19. The van der Waals surface area contributed by atoms with Crippen molar-refractivity contribution in [2.24, 2.45) is 0 Å². The summed E-state index contributed by atoms with van der Waals surface area (Å²) in [6.07, 6.45) is 3.70. The van der Waals surface area contributed by atoms with E-state index in [-0.39, 0.29) is 5.25 Å².